The number of morpholine rings is 1. The third kappa shape index (κ3) is 3.18. The van der Waals surface area contributed by atoms with Crippen LogP contribution in [0.15, 0.2) is 0 Å². The van der Waals surface area contributed by atoms with Crippen LogP contribution in [-0.2, 0) is 4.74 Å². The molecule has 7 nitrogen and oxygen atoms in total. The Hall–Kier alpha value is -1.63. The number of ether oxygens (including phenoxy) is 1. The van der Waals surface area contributed by atoms with Crippen LogP contribution in [0.2, 0.25) is 0 Å². The van der Waals surface area contributed by atoms with Crippen molar-refractivity contribution in [3.8, 4) is 0 Å². The predicted octanol–water partition coefficient (Wildman–Crippen LogP) is 1.13. The summed E-state index contributed by atoms with van der Waals surface area (Å²) in [6.07, 6.45) is 2.81. The van der Waals surface area contributed by atoms with Crippen molar-refractivity contribution in [2.75, 3.05) is 48.3 Å². The molecule has 0 aliphatic carbocycles. The van der Waals surface area contributed by atoms with E-state index in [0.717, 1.165) is 38.1 Å². The molecule has 0 bridgehead atoms. The SMILES string of the molecule is CNc1nc(N2CCCC2)nc(N2CC(C)OC(C)C2)n1. The highest BCUT2D eigenvalue weighted by molar-refractivity contribution is 5.45. The summed E-state index contributed by atoms with van der Waals surface area (Å²) >= 11 is 0. The van der Waals surface area contributed by atoms with Crippen molar-refractivity contribution < 1.29 is 4.74 Å². The summed E-state index contributed by atoms with van der Waals surface area (Å²) in [6.45, 7) is 7.87. The first kappa shape index (κ1) is 14.3. The van der Waals surface area contributed by atoms with Gasteiger partial charge in [0, 0.05) is 33.2 Å². The van der Waals surface area contributed by atoms with Crippen LogP contribution in [0.4, 0.5) is 17.8 Å². The van der Waals surface area contributed by atoms with E-state index in [1.165, 1.54) is 12.8 Å². The Labute approximate surface area is 125 Å². The summed E-state index contributed by atoms with van der Waals surface area (Å²) in [6, 6.07) is 0. The van der Waals surface area contributed by atoms with E-state index >= 15 is 0 Å². The molecule has 0 radical (unpaired) electrons. The van der Waals surface area contributed by atoms with Gasteiger partial charge in [0.1, 0.15) is 0 Å². The topological polar surface area (TPSA) is 66.4 Å². The van der Waals surface area contributed by atoms with Gasteiger partial charge in [0.05, 0.1) is 12.2 Å². The molecule has 2 saturated heterocycles. The molecule has 1 N–H and O–H groups in total. The first-order chi connectivity index (χ1) is 10.2. The highest BCUT2D eigenvalue weighted by Gasteiger charge is 2.26. The molecule has 1 aromatic rings. The van der Waals surface area contributed by atoms with Gasteiger partial charge in [-0.2, -0.15) is 15.0 Å². The van der Waals surface area contributed by atoms with Crippen LogP contribution in [-0.4, -0.2) is 60.4 Å². The number of nitrogens with zero attached hydrogens (tertiary/aromatic N) is 5. The van der Waals surface area contributed by atoms with E-state index < -0.39 is 0 Å². The van der Waals surface area contributed by atoms with E-state index in [1.807, 2.05) is 7.05 Å². The fourth-order valence-corrected chi connectivity index (χ4v) is 3.01. The first-order valence-corrected chi connectivity index (χ1v) is 7.75. The molecule has 3 rings (SSSR count). The first-order valence-electron chi connectivity index (χ1n) is 7.75. The maximum absolute atomic E-state index is 5.79. The van der Waals surface area contributed by atoms with Gasteiger partial charge < -0.3 is 19.9 Å². The molecule has 2 fully saturated rings. The fraction of sp³-hybridized carbons (Fsp3) is 0.786. The van der Waals surface area contributed by atoms with Gasteiger partial charge >= 0.3 is 0 Å². The standard InChI is InChI=1S/C14H24N6O/c1-10-8-20(9-11(2)21-10)14-17-12(15-3)16-13(18-14)19-6-4-5-7-19/h10-11H,4-9H2,1-3H3,(H,15,16,17,18). The molecular weight excluding hydrogens is 268 g/mol. The molecule has 2 aliphatic heterocycles. The predicted molar refractivity (Wildman–Crippen MR) is 83.0 cm³/mol. The Morgan fingerprint density at radius 2 is 1.52 bits per heavy atom. The van der Waals surface area contributed by atoms with Crippen LogP contribution < -0.4 is 15.1 Å². The molecule has 1 aromatic heterocycles. The molecule has 7 heteroatoms. The second-order valence-electron chi connectivity index (χ2n) is 5.87. The van der Waals surface area contributed by atoms with E-state index in [9.17, 15) is 0 Å². The van der Waals surface area contributed by atoms with Crippen LogP contribution in [0.1, 0.15) is 26.7 Å². The van der Waals surface area contributed by atoms with Gasteiger partial charge in [-0.1, -0.05) is 0 Å². The Bertz CT molecular complexity index is 480. The zero-order valence-corrected chi connectivity index (χ0v) is 13.0. The second-order valence-corrected chi connectivity index (χ2v) is 5.87. The Balaban J connectivity index is 1.88. The average Bonchev–Trinajstić information content (AvgIpc) is 3.00. The van der Waals surface area contributed by atoms with E-state index in [-0.39, 0.29) is 12.2 Å². The Morgan fingerprint density at radius 1 is 0.952 bits per heavy atom. The highest BCUT2D eigenvalue weighted by Crippen LogP contribution is 2.22. The lowest BCUT2D eigenvalue weighted by Gasteiger charge is -2.35. The van der Waals surface area contributed by atoms with E-state index in [1.54, 1.807) is 0 Å². The number of aromatic nitrogens is 3. The summed E-state index contributed by atoms with van der Waals surface area (Å²) in [4.78, 5) is 18.1. The van der Waals surface area contributed by atoms with Crippen molar-refractivity contribution in [3.05, 3.63) is 0 Å². The van der Waals surface area contributed by atoms with Gasteiger partial charge in [-0.15, -0.1) is 0 Å². The Morgan fingerprint density at radius 3 is 2.10 bits per heavy atom. The van der Waals surface area contributed by atoms with E-state index in [4.69, 9.17) is 4.74 Å². The van der Waals surface area contributed by atoms with Crippen molar-refractivity contribution >= 4 is 17.8 Å². The van der Waals surface area contributed by atoms with Gasteiger partial charge in [0.25, 0.3) is 0 Å². The van der Waals surface area contributed by atoms with Crippen molar-refractivity contribution in [2.45, 2.75) is 38.9 Å². The molecule has 0 aromatic carbocycles. The monoisotopic (exact) mass is 292 g/mol. The number of anilines is 3. The summed E-state index contributed by atoms with van der Waals surface area (Å²) in [5.74, 6) is 2.17. The molecule has 0 spiro atoms. The van der Waals surface area contributed by atoms with Gasteiger partial charge in [0.15, 0.2) is 0 Å². The molecule has 2 atom stereocenters. The summed E-state index contributed by atoms with van der Waals surface area (Å²) < 4.78 is 5.79. The Kier molecular flexibility index (Phi) is 4.10. The maximum Gasteiger partial charge on any atom is 0.232 e. The smallest absolute Gasteiger partial charge is 0.232 e. The van der Waals surface area contributed by atoms with E-state index in [0.29, 0.717) is 5.95 Å². The summed E-state index contributed by atoms with van der Waals surface area (Å²) in [5, 5.41) is 3.05. The fourth-order valence-electron chi connectivity index (χ4n) is 3.01. The van der Waals surface area contributed by atoms with Gasteiger partial charge in [0.2, 0.25) is 17.8 Å². The van der Waals surface area contributed by atoms with E-state index in [2.05, 4.69) is 43.9 Å². The summed E-state index contributed by atoms with van der Waals surface area (Å²) in [7, 11) is 1.84. The average molecular weight is 292 g/mol. The largest absolute Gasteiger partial charge is 0.372 e. The maximum atomic E-state index is 5.79. The van der Waals surface area contributed by atoms with Crippen molar-refractivity contribution in [2.24, 2.45) is 0 Å². The lowest BCUT2D eigenvalue weighted by atomic mass is 10.2. The zero-order chi connectivity index (χ0) is 14.8. The number of hydrogen-bond acceptors (Lipinski definition) is 7. The van der Waals surface area contributed by atoms with Crippen LogP contribution in [0.25, 0.3) is 0 Å². The quantitative estimate of drug-likeness (QED) is 0.895. The van der Waals surface area contributed by atoms with Crippen LogP contribution in [0.3, 0.4) is 0 Å². The molecule has 116 valence electrons. The normalized spacial score (nSPS) is 26.2. The minimum Gasteiger partial charge on any atom is -0.372 e. The van der Waals surface area contributed by atoms with Crippen molar-refractivity contribution in [1.29, 1.82) is 0 Å². The molecule has 2 aliphatic rings. The van der Waals surface area contributed by atoms with Gasteiger partial charge in [-0.05, 0) is 26.7 Å². The third-order valence-electron chi connectivity index (χ3n) is 3.93. The third-order valence-corrected chi connectivity index (χ3v) is 3.93. The zero-order valence-electron chi connectivity index (χ0n) is 13.0. The summed E-state index contributed by atoms with van der Waals surface area (Å²) in [5.41, 5.74) is 0. The number of nitrogens with one attached hydrogen (secondary N) is 1. The van der Waals surface area contributed by atoms with Gasteiger partial charge in [-0.3, -0.25) is 0 Å². The molecule has 21 heavy (non-hydrogen) atoms. The number of rotatable bonds is 3. The minimum atomic E-state index is 0.193. The van der Waals surface area contributed by atoms with Crippen molar-refractivity contribution in [1.82, 2.24) is 15.0 Å². The molecule has 0 amide bonds. The minimum absolute atomic E-state index is 0.193. The molecular formula is C14H24N6O. The van der Waals surface area contributed by atoms with Crippen LogP contribution in [0, 0.1) is 0 Å². The lowest BCUT2D eigenvalue weighted by Crippen LogP contribution is -2.46. The second kappa shape index (κ2) is 6.01. The van der Waals surface area contributed by atoms with Crippen LogP contribution in [0.5, 0.6) is 0 Å². The van der Waals surface area contributed by atoms with Crippen molar-refractivity contribution in [3.63, 3.8) is 0 Å². The highest BCUT2D eigenvalue weighted by atomic mass is 16.5. The molecule has 3 heterocycles. The lowest BCUT2D eigenvalue weighted by molar-refractivity contribution is -0.00572. The number of hydrogen-bond donors (Lipinski definition) is 1. The van der Waals surface area contributed by atoms with Gasteiger partial charge in [-0.25, -0.2) is 0 Å². The molecule has 2 unspecified atom stereocenters. The molecule has 0 saturated carbocycles. The van der Waals surface area contributed by atoms with Crippen LogP contribution >= 0.6 is 0 Å².